The summed E-state index contributed by atoms with van der Waals surface area (Å²) in [5.74, 6) is -2.93. The highest BCUT2D eigenvalue weighted by atomic mass is 19.2. The van der Waals surface area contributed by atoms with Crippen LogP contribution in [0, 0.1) is 11.6 Å². The minimum atomic E-state index is -1.24. The van der Waals surface area contributed by atoms with Gasteiger partial charge in [-0.1, -0.05) is 0 Å². The Morgan fingerprint density at radius 3 is 1.88 bits per heavy atom. The molecule has 1 amide bonds. The zero-order valence-corrected chi connectivity index (χ0v) is 21.7. The third-order valence-electron chi connectivity index (χ3n) is 5.50. The van der Waals surface area contributed by atoms with Gasteiger partial charge >= 0.3 is 19.2 Å². The number of hydrogen-bond donors (Lipinski definition) is 1. The molecule has 1 atom stereocenters. The number of alkyl carbamates (subject to hydrolysis) is 1. The van der Waals surface area contributed by atoms with E-state index < -0.39 is 59.3 Å². The molecule has 0 radical (unpaired) electrons. The van der Waals surface area contributed by atoms with Crippen molar-refractivity contribution in [2.24, 2.45) is 0 Å². The van der Waals surface area contributed by atoms with Crippen LogP contribution in [0.2, 0.25) is 0 Å². The fourth-order valence-electron chi connectivity index (χ4n) is 3.21. The van der Waals surface area contributed by atoms with Crippen molar-refractivity contribution in [2.75, 3.05) is 0 Å². The van der Waals surface area contributed by atoms with Gasteiger partial charge in [-0.25, -0.2) is 18.4 Å². The maximum absolute atomic E-state index is 14.3. The smallest absolute Gasteiger partial charge is 0.458 e. The van der Waals surface area contributed by atoms with Crippen LogP contribution in [0.4, 0.5) is 13.6 Å². The second-order valence-corrected chi connectivity index (χ2v) is 11.5. The van der Waals surface area contributed by atoms with Crippen LogP contribution in [0.3, 0.4) is 0 Å². The standard InChI is InChI=1S/C24H36BF2NO6/c1-21(2,3)31-19(29)18(28-20(30)32-22(4,5)6)12-14-11-16(26)17(27)13-15(14)25-33-23(7,8)24(9,10)34-25/h11,13,18H,12H2,1-10H3,(H,28,30)/t18-/m0/s1. The van der Waals surface area contributed by atoms with E-state index in [2.05, 4.69) is 5.32 Å². The lowest BCUT2D eigenvalue weighted by atomic mass is 9.74. The number of rotatable bonds is 5. The minimum Gasteiger partial charge on any atom is -0.458 e. The molecular weight excluding hydrogens is 447 g/mol. The van der Waals surface area contributed by atoms with Crippen molar-refractivity contribution in [1.29, 1.82) is 0 Å². The zero-order chi connectivity index (χ0) is 26.3. The van der Waals surface area contributed by atoms with E-state index in [1.165, 1.54) is 0 Å². The average Bonchev–Trinajstić information content (AvgIpc) is 2.81. The minimum absolute atomic E-state index is 0.204. The number of halogens is 2. The Kier molecular flexibility index (Phi) is 7.80. The molecule has 1 fully saturated rings. The van der Waals surface area contributed by atoms with Gasteiger partial charge in [0, 0.05) is 6.42 Å². The molecule has 0 saturated carbocycles. The molecule has 1 aromatic rings. The Morgan fingerprint density at radius 2 is 1.41 bits per heavy atom. The first kappa shape index (κ1) is 28.0. The molecule has 0 unspecified atom stereocenters. The molecule has 0 spiro atoms. The molecule has 0 aromatic heterocycles. The van der Waals surface area contributed by atoms with Gasteiger partial charge in [0.25, 0.3) is 0 Å². The lowest BCUT2D eigenvalue weighted by Crippen LogP contribution is -2.48. The van der Waals surface area contributed by atoms with E-state index in [0.717, 1.165) is 12.1 Å². The maximum atomic E-state index is 14.3. The molecule has 1 aliphatic heterocycles. The fraction of sp³-hybridized carbons (Fsp3) is 0.667. The number of hydrogen-bond acceptors (Lipinski definition) is 6. The first-order valence-electron chi connectivity index (χ1n) is 11.3. The van der Waals surface area contributed by atoms with Crippen molar-refractivity contribution in [3.63, 3.8) is 0 Å². The van der Waals surface area contributed by atoms with Crippen LogP contribution >= 0.6 is 0 Å². The zero-order valence-electron chi connectivity index (χ0n) is 21.7. The molecule has 0 bridgehead atoms. The summed E-state index contributed by atoms with van der Waals surface area (Å²) in [5, 5.41) is 2.50. The van der Waals surface area contributed by atoms with Gasteiger partial charge in [-0.15, -0.1) is 0 Å². The van der Waals surface area contributed by atoms with E-state index >= 15 is 0 Å². The van der Waals surface area contributed by atoms with Crippen molar-refractivity contribution in [1.82, 2.24) is 5.32 Å². The summed E-state index contributed by atoms with van der Waals surface area (Å²) in [7, 11) is -1.00. The van der Waals surface area contributed by atoms with E-state index in [-0.39, 0.29) is 17.4 Å². The van der Waals surface area contributed by atoms with Crippen molar-refractivity contribution < 1.29 is 37.2 Å². The molecule has 10 heteroatoms. The average molecular weight is 483 g/mol. The van der Waals surface area contributed by atoms with Gasteiger partial charge in [0.1, 0.15) is 17.2 Å². The van der Waals surface area contributed by atoms with E-state index in [1.54, 1.807) is 41.5 Å². The molecule has 1 N–H and O–H groups in total. The SMILES string of the molecule is CC(C)(C)OC(=O)N[C@@H](Cc1cc(F)c(F)cc1B1OC(C)(C)C(C)(C)O1)C(=O)OC(C)(C)C. The van der Waals surface area contributed by atoms with E-state index in [4.69, 9.17) is 18.8 Å². The molecule has 7 nitrogen and oxygen atoms in total. The van der Waals surface area contributed by atoms with Gasteiger partial charge in [-0.2, -0.15) is 0 Å². The van der Waals surface area contributed by atoms with Gasteiger partial charge in [0.2, 0.25) is 0 Å². The highest BCUT2D eigenvalue weighted by Crippen LogP contribution is 2.37. The number of carbonyl (C=O) groups excluding carboxylic acids is 2. The molecule has 0 aliphatic carbocycles. The Balaban J connectivity index is 2.44. The predicted octanol–water partition coefficient (Wildman–Crippen LogP) is 4.04. The lowest BCUT2D eigenvalue weighted by molar-refractivity contribution is -0.157. The van der Waals surface area contributed by atoms with Crippen LogP contribution in [0.1, 0.15) is 74.8 Å². The van der Waals surface area contributed by atoms with Crippen LogP contribution in [0.25, 0.3) is 0 Å². The van der Waals surface area contributed by atoms with Crippen LogP contribution in [-0.2, 0) is 30.0 Å². The number of ether oxygens (including phenoxy) is 2. The largest absolute Gasteiger partial charge is 0.495 e. The number of esters is 1. The van der Waals surface area contributed by atoms with Crippen molar-refractivity contribution in [3.05, 3.63) is 29.3 Å². The third-order valence-corrected chi connectivity index (χ3v) is 5.50. The van der Waals surface area contributed by atoms with Gasteiger partial charge < -0.3 is 24.1 Å². The fourth-order valence-corrected chi connectivity index (χ4v) is 3.21. The molecule has 1 aromatic carbocycles. The van der Waals surface area contributed by atoms with Crippen LogP contribution in [0.5, 0.6) is 0 Å². The number of benzene rings is 1. The molecular formula is C24H36BF2NO6. The quantitative estimate of drug-likeness (QED) is 0.503. The Hall–Kier alpha value is -2.20. The maximum Gasteiger partial charge on any atom is 0.495 e. The Labute approximate surface area is 201 Å². The third kappa shape index (κ3) is 7.15. The Bertz CT molecular complexity index is 921. The van der Waals surface area contributed by atoms with E-state index in [1.807, 2.05) is 27.7 Å². The second kappa shape index (κ2) is 9.45. The summed E-state index contributed by atoms with van der Waals surface area (Å²) in [6.07, 6.45) is -1.05. The van der Waals surface area contributed by atoms with Gasteiger partial charge in [0.15, 0.2) is 11.6 Å². The monoisotopic (exact) mass is 483 g/mol. The summed E-state index contributed by atoms with van der Waals surface area (Å²) in [6, 6.07) is 0.733. The van der Waals surface area contributed by atoms with Crippen LogP contribution < -0.4 is 10.8 Å². The highest BCUT2D eigenvalue weighted by Gasteiger charge is 2.52. The summed E-state index contributed by atoms with van der Waals surface area (Å²) >= 11 is 0. The number of amides is 1. The van der Waals surface area contributed by atoms with Crippen molar-refractivity contribution in [3.8, 4) is 0 Å². The summed E-state index contributed by atoms with van der Waals surface area (Å²) in [5.41, 5.74) is -2.65. The Morgan fingerprint density at radius 1 is 0.941 bits per heavy atom. The van der Waals surface area contributed by atoms with Crippen LogP contribution in [0.15, 0.2) is 12.1 Å². The number of carbonyl (C=O) groups is 2. The van der Waals surface area contributed by atoms with Gasteiger partial charge in [-0.3, -0.25) is 0 Å². The predicted molar refractivity (Wildman–Crippen MR) is 125 cm³/mol. The van der Waals surface area contributed by atoms with Gasteiger partial charge in [-0.05, 0) is 92.4 Å². The molecule has 2 rings (SSSR count). The summed E-state index contributed by atoms with van der Waals surface area (Å²) < 4.78 is 51.3. The first-order chi connectivity index (χ1) is 15.2. The summed E-state index contributed by atoms with van der Waals surface area (Å²) in [4.78, 5) is 25.4. The van der Waals surface area contributed by atoms with E-state index in [0.29, 0.717) is 0 Å². The number of nitrogens with one attached hydrogen (secondary N) is 1. The molecule has 1 heterocycles. The molecule has 1 saturated heterocycles. The molecule has 190 valence electrons. The topological polar surface area (TPSA) is 83.1 Å². The van der Waals surface area contributed by atoms with Crippen LogP contribution in [-0.4, -0.2) is 47.6 Å². The first-order valence-corrected chi connectivity index (χ1v) is 11.3. The van der Waals surface area contributed by atoms with Gasteiger partial charge in [0.05, 0.1) is 11.2 Å². The van der Waals surface area contributed by atoms with E-state index in [9.17, 15) is 18.4 Å². The molecule has 1 aliphatic rings. The highest BCUT2D eigenvalue weighted by molar-refractivity contribution is 6.62. The van der Waals surface area contributed by atoms with Crippen molar-refractivity contribution in [2.45, 2.75) is 104 Å². The normalized spacial score (nSPS) is 18.4. The molecule has 34 heavy (non-hydrogen) atoms. The lowest BCUT2D eigenvalue weighted by Gasteiger charge is -2.32. The summed E-state index contributed by atoms with van der Waals surface area (Å²) in [6.45, 7) is 17.4. The second-order valence-electron chi connectivity index (χ2n) is 11.5. The van der Waals surface area contributed by atoms with Crippen molar-refractivity contribution >= 4 is 24.6 Å².